The number of fused-ring (bicyclic) bond motifs is 1. The highest BCUT2D eigenvalue weighted by molar-refractivity contribution is 5.91. The summed E-state index contributed by atoms with van der Waals surface area (Å²) >= 11 is 0. The summed E-state index contributed by atoms with van der Waals surface area (Å²) in [7, 11) is 0. The molecule has 0 saturated heterocycles. The molecule has 0 fully saturated rings. The van der Waals surface area contributed by atoms with Crippen molar-refractivity contribution in [1.82, 2.24) is 9.38 Å². The third-order valence-electron chi connectivity index (χ3n) is 2.28. The van der Waals surface area contributed by atoms with Crippen LogP contribution >= 0.6 is 0 Å². The molecule has 0 aliphatic heterocycles. The number of aromatic nitrogens is 2. The SMILES string of the molecule is Cc1cn2cc(C(=O)OC(C)C)cc(N)c2n1. The minimum atomic E-state index is -0.375. The van der Waals surface area contributed by atoms with Crippen LogP contribution in [0.25, 0.3) is 5.65 Å². The molecule has 0 aromatic carbocycles. The number of nitrogens with zero attached hydrogens (tertiary/aromatic N) is 2. The fourth-order valence-corrected chi connectivity index (χ4v) is 1.64. The Hall–Kier alpha value is -2.04. The number of rotatable bonds is 2. The smallest absolute Gasteiger partial charge is 0.339 e. The van der Waals surface area contributed by atoms with Gasteiger partial charge < -0.3 is 14.9 Å². The van der Waals surface area contributed by atoms with Crippen LogP contribution in [0.2, 0.25) is 0 Å². The molecule has 17 heavy (non-hydrogen) atoms. The maximum absolute atomic E-state index is 11.7. The van der Waals surface area contributed by atoms with Gasteiger partial charge in [0.2, 0.25) is 0 Å². The molecule has 0 amide bonds. The Morgan fingerprint density at radius 2 is 2.18 bits per heavy atom. The number of nitrogen functional groups attached to an aromatic ring is 1. The van der Waals surface area contributed by atoms with Crippen LogP contribution in [-0.2, 0) is 4.74 Å². The topological polar surface area (TPSA) is 69.6 Å². The molecular formula is C12H15N3O2. The molecule has 0 radical (unpaired) electrons. The van der Waals surface area contributed by atoms with E-state index in [9.17, 15) is 4.79 Å². The van der Waals surface area contributed by atoms with Crippen molar-refractivity contribution in [2.45, 2.75) is 26.9 Å². The van der Waals surface area contributed by atoms with Crippen molar-refractivity contribution in [3.8, 4) is 0 Å². The molecule has 2 aromatic rings. The van der Waals surface area contributed by atoms with E-state index >= 15 is 0 Å². The number of ether oxygens (including phenoxy) is 1. The summed E-state index contributed by atoms with van der Waals surface area (Å²) in [6, 6.07) is 1.59. The number of carbonyl (C=O) groups excluding carboxylic acids is 1. The Bertz CT molecular complexity index is 572. The normalized spacial score (nSPS) is 11.1. The Kier molecular flexibility index (Phi) is 2.75. The van der Waals surface area contributed by atoms with Gasteiger partial charge in [-0.25, -0.2) is 9.78 Å². The molecule has 2 N–H and O–H groups in total. The summed E-state index contributed by atoms with van der Waals surface area (Å²) in [5.74, 6) is -0.375. The first-order valence-corrected chi connectivity index (χ1v) is 5.43. The molecule has 90 valence electrons. The predicted molar refractivity (Wildman–Crippen MR) is 64.9 cm³/mol. The summed E-state index contributed by atoms with van der Waals surface area (Å²) in [5, 5.41) is 0. The number of nitrogens with two attached hydrogens (primary N) is 1. The summed E-state index contributed by atoms with van der Waals surface area (Å²) < 4.78 is 6.86. The van der Waals surface area contributed by atoms with E-state index in [4.69, 9.17) is 10.5 Å². The van der Waals surface area contributed by atoms with Gasteiger partial charge in [0.1, 0.15) is 0 Å². The van der Waals surface area contributed by atoms with E-state index in [1.807, 2.05) is 13.1 Å². The summed E-state index contributed by atoms with van der Waals surface area (Å²) in [4.78, 5) is 16.0. The van der Waals surface area contributed by atoms with Crippen molar-refractivity contribution < 1.29 is 9.53 Å². The van der Waals surface area contributed by atoms with Crippen molar-refractivity contribution in [2.24, 2.45) is 0 Å². The molecule has 0 unspecified atom stereocenters. The first-order valence-electron chi connectivity index (χ1n) is 5.43. The zero-order valence-electron chi connectivity index (χ0n) is 10.1. The molecule has 2 aromatic heterocycles. The minimum absolute atomic E-state index is 0.149. The fraction of sp³-hybridized carbons (Fsp3) is 0.333. The van der Waals surface area contributed by atoms with Gasteiger partial charge >= 0.3 is 5.97 Å². The van der Waals surface area contributed by atoms with Gasteiger partial charge in [0, 0.05) is 12.4 Å². The number of pyridine rings is 1. The highest BCUT2D eigenvalue weighted by Crippen LogP contribution is 2.16. The van der Waals surface area contributed by atoms with E-state index in [-0.39, 0.29) is 12.1 Å². The van der Waals surface area contributed by atoms with E-state index in [0.717, 1.165) is 5.69 Å². The van der Waals surface area contributed by atoms with Crippen molar-refractivity contribution in [1.29, 1.82) is 0 Å². The third-order valence-corrected chi connectivity index (χ3v) is 2.28. The van der Waals surface area contributed by atoms with Gasteiger partial charge in [-0.05, 0) is 26.8 Å². The number of hydrogen-bond donors (Lipinski definition) is 1. The number of aryl methyl sites for hydroxylation is 1. The minimum Gasteiger partial charge on any atom is -0.459 e. The zero-order chi connectivity index (χ0) is 12.6. The van der Waals surface area contributed by atoms with E-state index in [1.165, 1.54) is 0 Å². The van der Waals surface area contributed by atoms with Crippen molar-refractivity contribution in [3.63, 3.8) is 0 Å². The van der Waals surface area contributed by atoms with Gasteiger partial charge in [-0.3, -0.25) is 0 Å². The quantitative estimate of drug-likeness (QED) is 0.803. The average molecular weight is 233 g/mol. The predicted octanol–water partition coefficient (Wildman–Crippen LogP) is 1.79. The van der Waals surface area contributed by atoms with Crippen molar-refractivity contribution in [3.05, 3.63) is 29.7 Å². The van der Waals surface area contributed by atoms with Gasteiger partial charge in [-0.15, -0.1) is 0 Å². The molecule has 2 rings (SSSR count). The van der Waals surface area contributed by atoms with Crippen LogP contribution in [0.1, 0.15) is 29.9 Å². The van der Waals surface area contributed by atoms with Crippen LogP contribution in [0.3, 0.4) is 0 Å². The first-order chi connectivity index (χ1) is 7.97. The largest absolute Gasteiger partial charge is 0.459 e. The van der Waals surface area contributed by atoms with Crippen LogP contribution in [0.4, 0.5) is 5.69 Å². The maximum Gasteiger partial charge on any atom is 0.339 e. The first kappa shape index (κ1) is 11.4. The molecule has 0 saturated carbocycles. The Morgan fingerprint density at radius 1 is 1.47 bits per heavy atom. The van der Waals surface area contributed by atoms with Gasteiger partial charge in [0.05, 0.1) is 23.0 Å². The van der Waals surface area contributed by atoms with Crippen molar-refractivity contribution in [2.75, 3.05) is 5.73 Å². The molecule has 5 nitrogen and oxygen atoms in total. The molecule has 0 aliphatic rings. The molecule has 0 aliphatic carbocycles. The number of esters is 1. The fourth-order valence-electron chi connectivity index (χ4n) is 1.64. The zero-order valence-corrected chi connectivity index (χ0v) is 10.1. The lowest BCUT2D eigenvalue weighted by Gasteiger charge is -2.08. The molecule has 0 atom stereocenters. The monoisotopic (exact) mass is 233 g/mol. The van der Waals surface area contributed by atoms with Crippen molar-refractivity contribution >= 4 is 17.3 Å². The van der Waals surface area contributed by atoms with Crippen LogP contribution in [0, 0.1) is 6.92 Å². The van der Waals surface area contributed by atoms with Crippen LogP contribution in [0.5, 0.6) is 0 Å². The van der Waals surface area contributed by atoms with E-state index in [1.54, 1.807) is 30.5 Å². The number of carbonyl (C=O) groups is 1. The van der Waals surface area contributed by atoms with Crippen LogP contribution in [0.15, 0.2) is 18.5 Å². The molecule has 2 heterocycles. The van der Waals surface area contributed by atoms with E-state index in [0.29, 0.717) is 16.9 Å². The molecule has 0 bridgehead atoms. The number of imidazole rings is 1. The highest BCUT2D eigenvalue weighted by Gasteiger charge is 2.12. The second kappa shape index (κ2) is 4.08. The Morgan fingerprint density at radius 3 is 2.82 bits per heavy atom. The lowest BCUT2D eigenvalue weighted by Crippen LogP contribution is -2.12. The number of hydrogen-bond acceptors (Lipinski definition) is 4. The summed E-state index contributed by atoms with van der Waals surface area (Å²) in [6.07, 6.45) is 3.35. The van der Waals surface area contributed by atoms with Gasteiger partial charge in [0.15, 0.2) is 5.65 Å². The highest BCUT2D eigenvalue weighted by atomic mass is 16.5. The van der Waals surface area contributed by atoms with Gasteiger partial charge in [-0.1, -0.05) is 0 Å². The van der Waals surface area contributed by atoms with Crippen LogP contribution < -0.4 is 5.73 Å². The molecule has 0 spiro atoms. The van der Waals surface area contributed by atoms with E-state index < -0.39 is 0 Å². The lowest BCUT2D eigenvalue weighted by atomic mass is 10.2. The standard InChI is InChI=1S/C12H15N3O2/c1-7(2)17-12(16)9-4-10(13)11-14-8(3)5-15(11)6-9/h4-7H,13H2,1-3H3. The summed E-state index contributed by atoms with van der Waals surface area (Å²) in [5.41, 5.74) is 8.26. The number of anilines is 1. The Balaban J connectivity index is 2.46. The van der Waals surface area contributed by atoms with E-state index in [2.05, 4.69) is 4.98 Å². The van der Waals surface area contributed by atoms with Crippen LogP contribution in [-0.4, -0.2) is 21.5 Å². The lowest BCUT2D eigenvalue weighted by molar-refractivity contribution is 0.0377. The third kappa shape index (κ3) is 2.22. The van der Waals surface area contributed by atoms with Gasteiger partial charge in [0.25, 0.3) is 0 Å². The van der Waals surface area contributed by atoms with Gasteiger partial charge in [-0.2, -0.15) is 0 Å². The second-order valence-corrected chi connectivity index (χ2v) is 4.25. The summed E-state index contributed by atoms with van der Waals surface area (Å²) in [6.45, 7) is 5.49. The molecular weight excluding hydrogens is 218 g/mol. The maximum atomic E-state index is 11.7. The molecule has 5 heteroatoms. The average Bonchev–Trinajstić information content (AvgIpc) is 2.58. The second-order valence-electron chi connectivity index (χ2n) is 4.25. The Labute approximate surface area is 99.2 Å².